The Morgan fingerprint density at radius 3 is 2.33 bits per heavy atom. The topological polar surface area (TPSA) is 95.9 Å². The summed E-state index contributed by atoms with van der Waals surface area (Å²) < 4.78 is 5.11. The van der Waals surface area contributed by atoms with E-state index in [1.807, 2.05) is 6.07 Å². The second kappa shape index (κ2) is 6.78. The van der Waals surface area contributed by atoms with Gasteiger partial charge in [-0.3, -0.25) is 0 Å². The fraction of sp³-hybridized carbons (Fsp3) is 0.333. The monoisotopic (exact) mass is 331 g/mol. The maximum Gasteiger partial charge on any atom is 0.408 e. The van der Waals surface area contributed by atoms with Crippen molar-refractivity contribution in [2.45, 2.75) is 38.8 Å². The number of aromatic hydroxyl groups is 1. The highest BCUT2D eigenvalue weighted by Crippen LogP contribution is 2.28. The minimum atomic E-state index is -1.15. The number of fused-ring (bicyclic) bond motifs is 1. The average molecular weight is 331 g/mol. The summed E-state index contributed by atoms with van der Waals surface area (Å²) >= 11 is 0. The average Bonchev–Trinajstić information content (AvgIpc) is 2.47. The number of ether oxygens (including phenoxy) is 1. The Hall–Kier alpha value is -2.76. The predicted octanol–water partition coefficient (Wildman–Crippen LogP) is 3.07. The quantitative estimate of drug-likeness (QED) is 0.800. The summed E-state index contributed by atoms with van der Waals surface area (Å²) in [5.41, 5.74) is 0.00473. The van der Waals surface area contributed by atoms with Crippen LogP contribution in [0.1, 0.15) is 26.3 Å². The zero-order valence-corrected chi connectivity index (χ0v) is 13.9. The molecule has 0 fully saturated rings. The predicted molar refractivity (Wildman–Crippen MR) is 90.1 cm³/mol. The van der Waals surface area contributed by atoms with Gasteiger partial charge >= 0.3 is 12.1 Å². The fourth-order valence-electron chi connectivity index (χ4n) is 2.39. The molecule has 0 aliphatic carbocycles. The summed E-state index contributed by atoms with van der Waals surface area (Å²) in [7, 11) is 0. The van der Waals surface area contributed by atoms with E-state index >= 15 is 0 Å². The number of carboxylic acids is 1. The van der Waals surface area contributed by atoms with Gasteiger partial charge in [0.05, 0.1) is 0 Å². The van der Waals surface area contributed by atoms with Crippen molar-refractivity contribution in [1.82, 2.24) is 5.32 Å². The molecule has 24 heavy (non-hydrogen) atoms. The number of carbonyl (C=O) groups is 2. The van der Waals surface area contributed by atoms with Crippen LogP contribution in [0.2, 0.25) is 0 Å². The number of carboxylic acid groups (broad SMARTS) is 1. The summed E-state index contributed by atoms with van der Waals surface area (Å²) in [6, 6.07) is 9.20. The van der Waals surface area contributed by atoms with Gasteiger partial charge in [-0.05, 0) is 37.8 Å². The number of hydrogen-bond acceptors (Lipinski definition) is 4. The number of phenols is 1. The molecule has 0 bridgehead atoms. The van der Waals surface area contributed by atoms with E-state index in [4.69, 9.17) is 4.74 Å². The fourth-order valence-corrected chi connectivity index (χ4v) is 2.39. The number of benzene rings is 2. The lowest BCUT2D eigenvalue weighted by Gasteiger charge is -2.22. The van der Waals surface area contributed by atoms with Crippen LogP contribution in [0.5, 0.6) is 5.75 Å². The van der Waals surface area contributed by atoms with E-state index in [0.29, 0.717) is 10.9 Å². The van der Waals surface area contributed by atoms with Gasteiger partial charge in [0.2, 0.25) is 0 Å². The number of nitrogens with one attached hydrogen (secondary N) is 1. The zero-order chi connectivity index (χ0) is 17.9. The molecule has 0 spiro atoms. The molecular weight excluding hydrogens is 310 g/mol. The molecule has 6 heteroatoms. The minimum Gasteiger partial charge on any atom is -0.507 e. The third-order valence-electron chi connectivity index (χ3n) is 3.40. The van der Waals surface area contributed by atoms with Crippen LogP contribution in [0, 0.1) is 0 Å². The molecule has 6 nitrogen and oxygen atoms in total. The van der Waals surface area contributed by atoms with Gasteiger partial charge in [-0.1, -0.05) is 30.3 Å². The minimum absolute atomic E-state index is 0.0787. The molecule has 1 amide bonds. The second-order valence-corrected chi connectivity index (χ2v) is 6.53. The van der Waals surface area contributed by atoms with Crippen LogP contribution in [0.15, 0.2) is 36.4 Å². The summed E-state index contributed by atoms with van der Waals surface area (Å²) in [4.78, 5) is 23.3. The number of rotatable bonds is 4. The first-order valence-corrected chi connectivity index (χ1v) is 7.59. The molecule has 0 aliphatic heterocycles. The lowest BCUT2D eigenvalue weighted by Crippen LogP contribution is -2.44. The SMILES string of the molecule is CC(C)(C)OC(=O)NC(Cc1ccc(O)c2ccccc12)C(=O)O. The molecule has 2 aromatic rings. The van der Waals surface area contributed by atoms with Gasteiger partial charge < -0.3 is 20.3 Å². The zero-order valence-electron chi connectivity index (χ0n) is 13.9. The van der Waals surface area contributed by atoms with E-state index in [0.717, 1.165) is 5.39 Å². The van der Waals surface area contributed by atoms with Crippen LogP contribution >= 0.6 is 0 Å². The largest absolute Gasteiger partial charge is 0.507 e. The molecular formula is C18H21NO5. The number of aliphatic carboxylic acids is 1. The molecule has 3 N–H and O–H groups in total. The van der Waals surface area contributed by atoms with Crippen LogP contribution in [0.3, 0.4) is 0 Å². The van der Waals surface area contributed by atoms with Gasteiger partial charge in [-0.15, -0.1) is 0 Å². The van der Waals surface area contributed by atoms with Crippen LogP contribution in [0.4, 0.5) is 4.79 Å². The maximum atomic E-state index is 11.8. The number of alkyl carbamates (subject to hydrolysis) is 1. The molecule has 0 saturated heterocycles. The van der Waals surface area contributed by atoms with Gasteiger partial charge in [0.25, 0.3) is 0 Å². The van der Waals surface area contributed by atoms with Gasteiger partial charge in [-0.2, -0.15) is 0 Å². The molecule has 1 atom stereocenters. The van der Waals surface area contributed by atoms with Crippen molar-refractivity contribution in [2.24, 2.45) is 0 Å². The highest BCUT2D eigenvalue weighted by atomic mass is 16.6. The molecule has 0 heterocycles. The number of phenolic OH excluding ortho intramolecular Hbond substituents is 1. The Morgan fingerprint density at radius 1 is 1.12 bits per heavy atom. The van der Waals surface area contributed by atoms with Gasteiger partial charge in [-0.25, -0.2) is 9.59 Å². The summed E-state index contributed by atoms with van der Waals surface area (Å²) in [6.07, 6.45) is -0.701. The van der Waals surface area contributed by atoms with E-state index in [9.17, 15) is 19.8 Å². The number of hydrogen-bond donors (Lipinski definition) is 3. The van der Waals surface area contributed by atoms with Crippen molar-refractivity contribution in [3.05, 3.63) is 42.0 Å². The lowest BCUT2D eigenvalue weighted by molar-refractivity contribution is -0.139. The molecule has 0 radical (unpaired) electrons. The van der Waals surface area contributed by atoms with E-state index in [2.05, 4.69) is 5.32 Å². The molecule has 128 valence electrons. The summed E-state index contributed by atoms with van der Waals surface area (Å²) in [5, 5.41) is 23.1. The molecule has 1 unspecified atom stereocenters. The Bertz CT molecular complexity index is 764. The first kappa shape index (κ1) is 17.6. The third kappa shape index (κ3) is 4.38. The van der Waals surface area contributed by atoms with Crippen molar-refractivity contribution in [3.8, 4) is 5.75 Å². The van der Waals surface area contributed by atoms with E-state index < -0.39 is 23.7 Å². The van der Waals surface area contributed by atoms with E-state index in [1.165, 1.54) is 6.07 Å². The van der Waals surface area contributed by atoms with Crippen LogP contribution < -0.4 is 5.32 Å². The highest BCUT2D eigenvalue weighted by molar-refractivity contribution is 5.91. The van der Waals surface area contributed by atoms with Crippen molar-refractivity contribution >= 4 is 22.8 Å². The van der Waals surface area contributed by atoms with Crippen LogP contribution in [-0.2, 0) is 16.0 Å². The molecule has 0 aliphatic rings. The number of carbonyl (C=O) groups excluding carboxylic acids is 1. The van der Waals surface area contributed by atoms with Crippen molar-refractivity contribution in [2.75, 3.05) is 0 Å². The maximum absolute atomic E-state index is 11.8. The van der Waals surface area contributed by atoms with Crippen molar-refractivity contribution in [3.63, 3.8) is 0 Å². The second-order valence-electron chi connectivity index (χ2n) is 6.53. The summed E-state index contributed by atoms with van der Waals surface area (Å²) in [5.74, 6) is -1.03. The van der Waals surface area contributed by atoms with E-state index in [1.54, 1.807) is 45.0 Å². The van der Waals surface area contributed by atoms with Crippen LogP contribution in [0.25, 0.3) is 10.8 Å². The smallest absolute Gasteiger partial charge is 0.408 e. The molecule has 0 saturated carbocycles. The van der Waals surface area contributed by atoms with Crippen molar-refractivity contribution in [1.29, 1.82) is 0 Å². The molecule has 2 aromatic carbocycles. The van der Waals surface area contributed by atoms with Crippen LogP contribution in [-0.4, -0.2) is 33.9 Å². The van der Waals surface area contributed by atoms with Gasteiger partial charge in [0, 0.05) is 11.8 Å². The first-order valence-electron chi connectivity index (χ1n) is 7.59. The Labute approximate surface area is 140 Å². The number of amides is 1. The van der Waals surface area contributed by atoms with Gasteiger partial charge in [0.15, 0.2) is 0 Å². The van der Waals surface area contributed by atoms with Gasteiger partial charge in [0.1, 0.15) is 17.4 Å². The summed E-state index contributed by atoms with van der Waals surface area (Å²) in [6.45, 7) is 5.11. The lowest BCUT2D eigenvalue weighted by atomic mass is 9.98. The van der Waals surface area contributed by atoms with Crippen molar-refractivity contribution < 1.29 is 24.5 Å². The van der Waals surface area contributed by atoms with E-state index in [-0.39, 0.29) is 12.2 Å². The Morgan fingerprint density at radius 2 is 1.75 bits per heavy atom. The first-order chi connectivity index (χ1) is 11.2. The standard InChI is InChI=1S/C18H21NO5/c1-18(2,3)24-17(23)19-14(16(21)22)10-11-8-9-15(20)13-7-5-4-6-12(11)13/h4-9,14,20H,10H2,1-3H3,(H,19,23)(H,21,22). The third-order valence-corrected chi connectivity index (χ3v) is 3.40. The Kier molecular flexibility index (Phi) is 4.97. The molecule has 0 aromatic heterocycles. The highest BCUT2D eigenvalue weighted by Gasteiger charge is 2.25. The normalized spacial score (nSPS) is 12.6. The molecule has 2 rings (SSSR count). The Balaban J connectivity index is 2.24.